The maximum absolute atomic E-state index is 12.4. The lowest BCUT2D eigenvalue weighted by Gasteiger charge is -2.16. The molecule has 2 amide bonds. The van der Waals surface area contributed by atoms with E-state index < -0.39 is 16.9 Å². The molecule has 1 atom stereocenters. The van der Waals surface area contributed by atoms with Crippen molar-refractivity contribution in [2.75, 3.05) is 0 Å². The number of nitro groups is 1. The molecule has 0 unspecified atom stereocenters. The van der Waals surface area contributed by atoms with Crippen molar-refractivity contribution in [2.24, 2.45) is 5.73 Å². The van der Waals surface area contributed by atoms with Crippen LogP contribution in [0.25, 0.3) is 10.8 Å². The van der Waals surface area contributed by atoms with E-state index in [0.29, 0.717) is 5.56 Å². The van der Waals surface area contributed by atoms with Crippen LogP contribution in [0.15, 0.2) is 66.7 Å². The van der Waals surface area contributed by atoms with E-state index in [-0.39, 0.29) is 24.4 Å². The number of benzene rings is 3. The molecule has 0 fully saturated rings. The third kappa shape index (κ3) is 4.50. The molecule has 0 saturated heterocycles. The average molecular weight is 377 g/mol. The minimum absolute atomic E-state index is 0.0457. The minimum atomic E-state index is -1.03. The van der Waals surface area contributed by atoms with Crippen LogP contribution >= 0.6 is 0 Å². The first-order valence-electron chi connectivity index (χ1n) is 8.72. The number of para-hydroxylation sites is 1. The molecule has 142 valence electrons. The van der Waals surface area contributed by atoms with Gasteiger partial charge in [0.1, 0.15) is 6.04 Å². The average Bonchev–Trinajstić information content (AvgIpc) is 2.67. The number of primary amides is 1. The van der Waals surface area contributed by atoms with Crippen LogP contribution < -0.4 is 11.1 Å². The molecule has 7 heteroatoms. The van der Waals surface area contributed by atoms with E-state index in [1.807, 2.05) is 42.5 Å². The summed E-state index contributed by atoms with van der Waals surface area (Å²) in [7, 11) is 0. The van der Waals surface area contributed by atoms with Crippen molar-refractivity contribution >= 4 is 28.3 Å². The Bertz CT molecular complexity index is 1050. The van der Waals surface area contributed by atoms with Crippen molar-refractivity contribution in [1.29, 1.82) is 0 Å². The molecule has 0 bridgehead atoms. The first-order chi connectivity index (χ1) is 13.4. The van der Waals surface area contributed by atoms with Crippen LogP contribution in [-0.2, 0) is 22.4 Å². The van der Waals surface area contributed by atoms with Crippen molar-refractivity contribution in [3.63, 3.8) is 0 Å². The van der Waals surface area contributed by atoms with Crippen LogP contribution in [0.5, 0.6) is 0 Å². The Balaban J connectivity index is 1.72. The van der Waals surface area contributed by atoms with Gasteiger partial charge in [-0.15, -0.1) is 0 Å². The van der Waals surface area contributed by atoms with Crippen molar-refractivity contribution in [3.8, 4) is 0 Å². The molecule has 3 N–H and O–H groups in total. The molecule has 0 aliphatic heterocycles. The van der Waals surface area contributed by atoms with Crippen LogP contribution in [0.2, 0.25) is 0 Å². The summed E-state index contributed by atoms with van der Waals surface area (Å²) >= 11 is 0. The Hall–Kier alpha value is -3.74. The number of hydrogen-bond donors (Lipinski definition) is 2. The number of nitrogens with zero attached hydrogens (tertiary/aromatic N) is 1. The minimum Gasteiger partial charge on any atom is -0.368 e. The SMILES string of the molecule is NC(=O)[C@@H](Cc1ccccc1[N+](=O)[O-])NC(=O)Cc1ccc2ccccc2c1. The van der Waals surface area contributed by atoms with Gasteiger partial charge in [0, 0.05) is 18.1 Å². The second kappa shape index (κ2) is 8.30. The standard InChI is InChI=1S/C21H19N3O4/c22-21(26)18(13-17-7-3-4-8-19(17)24(27)28)23-20(25)12-14-9-10-15-5-1-2-6-16(15)11-14/h1-11,18H,12-13H2,(H2,22,26)(H,23,25)/t18-/m1/s1. The number of carbonyl (C=O) groups is 2. The van der Waals surface area contributed by atoms with Gasteiger partial charge in [0.25, 0.3) is 5.69 Å². The summed E-state index contributed by atoms with van der Waals surface area (Å²) in [4.78, 5) is 34.8. The molecule has 0 spiro atoms. The van der Waals surface area contributed by atoms with E-state index in [1.54, 1.807) is 18.2 Å². The van der Waals surface area contributed by atoms with E-state index in [2.05, 4.69) is 5.32 Å². The maximum Gasteiger partial charge on any atom is 0.272 e. The highest BCUT2D eigenvalue weighted by Crippen LogP contribution is 2.19. The van der Waals surface area contributed by atoms with Gasteiger partial charge in [-0.25, -0.2) is 0 Å². The van der Waals surface area contributed by atoms with Crippen molar-refractivity contribution in [2.45, 2.75) is 18.9 Å². The van der Waals surface area contributed by atoms with Gasteiger partial charge in [0.15, 0.2) is 0 Å². The van der Waals surface area contributed by atoms with Gasteiger partial charge in [0.2, 0.25) is 11.8 Å². The number of fused-ring (bicyclic) bond motifs is 1. The van der Waals surface area contributed by atoms with Crippen molar-refractivity contribution in [3.05, 3.63) is 88.0 Å². The van der Waals surface area contributed by atoms with Gasteiger partial charge in [-0.3, -0.25) is 19.7 Å². The molecule has 7 nitrogen and oxygen atoms in total. The van der Waals surface area contributed by atoms with Crippen LogP contribution in [0.1, 0.15) is 11.1 Å². The van der Waals surface area contributed by atoms with Crippen molar-refractivity contribution in [1.82, 2.24) is 5.32 Å². The van der Waals surface area contributed by atoms with E-state index in [0.717, 1.165) is 16.3 Å². The summed E-state index contributed by atoms with van der Waals surface area (Å²) in [5, 5.41) is 15.8. The highest BCUT2D eigenvalue weighted by atomic mass is 16.6. The Morgan fingerprint density at radius 2 is 1.68 bits per heavy atom. The summed E-state index contributed by atoms with van der Waals surface area (Å²) in [5.41, 5.74) is 6.42. The molecule has 28 heavy (non-hydrogen) atoms. The molecule has 0 aromatic heterocycles. The second-order valence-corrected chi connectivity index (χ2v) is 6.47. The van der Waals surface area contributed by atoms with Gasteiger partial charge in [-0.2, -0.15) is 0 Å². The number of nitrogens with one attached hydrogen (secondary N) is 1. The fourth-order valence-corrected chi connectivity index (χ4v) is 3.08. The van der Waals surface area contributed by atoms with Gasteiger partial charge >= 0.3 is 0 Å². The zero-order valence-electron chi connectivity index (χ0n) is 15.0. The van der Waals surface area contributed by atoms with E-state index >= 15 is 0 Å². The molecule has 0 aliphatic carbocycles. The lowest BCUT2D eigenvalue weighted by Crippen LogP contribution is -2.46. The largest absolute Gasteiger partial charge is 0.368 e. The number of rotatable bonds is 7. The Labute approximate surface area is 161 Å². The lowest BCUT2D eigenvalue weighted by molar-refractivity contribution is -0.385. The fraction of sp³-hybridized carbons (Fsp3) is 0.143. The maximum atomic E-state index is 12.4. The first kappa shape index (κ1) is 19.0. The number of hydrogen-bond acceptors (Lipinski definition) is 4. The van der Waals surface area contributed by atoms with Crippen LogP contribution in [0.4, 0.5) is 5.69 Å². The third-order valence-corrected chi connectivity index (χ3v) is 4.47. The molecule has 3 aromatic rings. The predicted octanol–water partition coefficient (Wildman–Crippen LogP) is 2.50. The molecule has 0 saturated carbocycles. The highest BCUT2D eigenvalue weighted by molar-refractivity contribution is 5.89. The Morgan fingerprint density at radius 1 is 1.00 bits per heavy atom. The topological polar surface area (TPSA) is 115 Å². The van der Waals surface area contributed by atoms with Crippen LogP contribution in [0, 0.1) is 10.1 Å². The molecule has 0 heterocycles. The fourth-order valence-electron chi connectivity index (χ4n) is 3.08. The number of carbonyl (C=O) groups excluding carboxylic acids is 2. The predicted molar refractivity (Wildman–Crippen MR) is 106 cm³/mol. The number of nitro benzene ring substituents is 1. The van der Waals surface area contributed by atoms with Gasteiger partial charge < -0.3 is 11.1 Å². The summed E-state index contributed by atoms with van der Waals surface area (Å²) < 4.78 is 0. The van der Waals surface area contributed by atoms with Gasteiger partial charge in [-0.1, -0.05) is 60.7 Å². The second-order valence-electron chi connectivity index (χ2n) is 6.47. The van der Waals surface area contributed by atoms with Crippen molar-refractivity contribution < 1.29 is 14.5 Å². The van der Waals surface area contributed by atoms with Crippen LogP contribution in [-0.4, -0.2) is 22.8 Å². The molecule has 3 rings (SSSR count). The monoisotopic (exact) mass is 377 g/mol. The number of amides is 2. The van der Waals surface area contributed by atoms with Gasteiger partial charge in [0.05, 0.1) is 11.3 Å². The quantitative estimate of drug-likeness (QED) is 0.486. The molecular weight excluding hydrogens is 358 g/mol. The van der Waals surface area contributed by atoms with E-state index in [1.165, 1.54) is 6.07 Å². The highest BCUT2D eigenvalue weighted by Gasteiger charge is 2.23. The van der Waals surface area contributed by atoms with Crippen LogP contribution in [0.3, 0.4) is 0 Å². The zero-order chi connectivity index (χ0) is 20.1. The summed E-state index contributed by atoms with van der Waals surface area (Å²) in [6, 6.07) is 18.5. The normalized spacial score (nSPS) is 11.7. The van der Waals surface area contributed by atoms with Gasteiger partial charge in [-0.05, 0) is 16.3 Å². The first-order valence-corrected chi connectivity index (χ1v) is 8.72. The lowest BCUT2D eigenvalue weighted by atomic mass is 10.0. The molecule has 0 radical (unpaired) electrons. The molecular formula is C21H19N3O4. The van der Waals surface area contributed by atoms with E-state index in [4.69, 9.17) is 5.73 Å². The summed E-state index contributed by atoms with van der Waals surface area (Å²) in [5.74, 6) is -1.12. The smallest absolute Gasteiger partial charge is 0.272 e. The molecule has 3 aromatic carbocycles. The summed E-state index contributed by atoms with van der Waals surface area (Å²) in [6.07, 6.45) is 0.0292. The summed E-state index contributed by atoms with van der Waals surface area (Å²) in [6.45, 7) is 0. The Morgan fingerprint density at radius 3 is 2.39 bits per heavy atom. The zero-order valence-corrected chi connectivity index (χ0v) is 15.0. The Kier molecular flexibility index (Phi) is 5.64. The van der Waals surface area contributed by atoms with E-state index in [9.17, 15) is 19.7 Å². The molecule has 0 aliphatic rings. The number of nitrogens with two attached hydrogens (primary N) is 1. The third-order valence-electron chi connectivity index (χ3n) is 4.47.